The summed E-state index contributed by atoms with van der Waals surface area (Å²) in [5, 5.41) is 3.24. The number of nitrogens with zero attached hydrogens (tertiary/aromatic N) is 2. The Balaban J connectivity index is 1.65. The third kappa shape index (κ3) is 3.97. The highest BCUT2D eigenvalue weighted by atomic mass is 16.6. The molecule has 6 heteroatoms. The van der Waals surface area contributed by atoms with Crippen LogP contribution >= 0.6 is 0 Å². The van der Waals surface area contributed by atoms with Gasteiger partial charge < -0.3 is 14.8 Å². The fourth-order valence-electron chi connectivity index (χ4n) is 3.20. The zero-order valence-corrected chi connectivity index (χ0v) is 16.1. The minimum atomic E-state index is -0.500. The number of para-hydroxylation sites is 2. The second-order valence-electron chi connectivity index (χ2n) is 7.07. The second-order valence-corrected chi connectivity index (χ2v) is 7.07. The number of nitrogens with one attached hydrogen (secondary N) is 1. The van der Waals surface area contributed by atoms with Gasteiger partial charge in [0.2, 0.25) is 0 Å². The van der Waals surface area contributed by atoms with Crippen molar-refractivity contribution in [2.45, 2.75) is 32.8 Å². The summed E-state index contributed by atoms with van der Waals surface area (Å²) >= 11 is 0. The number of fused-ring (bicyclic) bond motifs is 1. The molecular weight excluding hydrogens is 354 g/mol. The van der Waals surface area contributed by atoms with Crippen LogP contribution in [-0.2, 0) is 9.47 Å². The first-order valence-corrected chi connectivity index (χ1v) is 9.50. The molecule has 2 heterocycles. The standard InChI is InChI=1S/C22H23N3O3/c1-14-9-10-16(12-15(14)2)23-21-20(22(26)28-13-17-6-5-11-27-17)24-18-7-3-4-8-19(18)25-21/h3-4,7-10,12,17H,5-6,11,13H2,1-2H3,(H,23,25)/t17-/m1/s1. The van der Waals surface area contributed by atoms with Crippen LogP contribution in [0.2, 0.25) is 0 Å². The predicted octanol–water partition coefficient (Wildman–Crippen LogP) is 4.33. The molecule has 28 heavy (non-hydrogen) atoms. The monoisotopic (exact) mass is 377 g/mol. The summed E-state index contributed by atoms with van der Waals surface area (Å²) in [5.74, 6) is -0.112. The van der Waals surface area contributed by atoms with Crippen LogP contribution in [0, 0.1) is 13.8 Å². The Labute approximate surface area is 163 Å². The summed E-state index contributed by atoms with van der Waals surface area (Å²) in [6, 6.07) is 13.5. The fourth-order valence-corrected chi connectivity index (χ4v) is 3.20. The topological polar surface area (TPSA) is 73.3 Å². The number of aryl methyl sites for hydroxylation is 2. The van der Waals surface area contributed by atoms with Crippen LogP contribution in [0.5, 0.6) is 0 Å². The molecule has 1 atom stereocenters. The normalized spacial score (nSPS) is 16.3. The molecular formula is C22H23N3O3. The van der Waals surface area contributed by atoms with E-state index in [-0.39, 0.29) is 18.4 Å². The average molecular weight is 377 g/mol. The molecule has 3 aromatic rings. The zero-order valence-electron chi connectivity index (χ0n) is 16.1. The summed E-state index contributed by atoms with van der Waals surface area (Å²) in [6.07, 6.45) is 1.87. The number of aromatic nitrogens is 2. The Morgan fingerprint density at radius 2 is 1.93 bits per heavy atom. The quantitative estimate of drug-likeness (QED) is 0.667. The molecule has 1 aliphatic heterocycles. The smallest absolute Gasteiger partial charge is 0.360 e. The third-order valence-electron chi connectivity index (χ3n) is 4.96. The van der Waals surface area contributed by atoms with E-state index in [2.05, 4.69) is 22.2 Å². The summed E-state index contributed by atoms with van der Waals surface area (Å²) in [5.41, 5.74) is 4.74. The Morgan fingerprint density at radius 3 is 2.64 bits per heavy atom. The van der Waals surface area contributed by atoms with Gasteiger partial charge in [0.15, 0.2) is 11.5 Å². The van der Waals surface area contributed by atoms with Gasteiger partial charge in [0.05, 0.1) is 17.1 Å². The lowest BCUT2D eigenvalue weighted by atomic mass is 10.1. The predicted molar refractivity (Wildman–Crippen MR) is 108 cm³/mol. The van der Waals surface area contributed by atoms with Gasteiger partial charge in [0.1, 0.15) is 6.61 Å². The lowest BCUT2D eigenvalue weighted by molar-refractivity contribution is 0.0157. The van der Waals surface area contributed by atoms with Crippen LogP contribution in [0.3, 0.4) is 0 Å². The fraction of sp³-hybridized carbons (Fsp3) is 0.318. The lowest BCUT2D eigenvalue weighted by Gasteiger charge is -2.14. The number of esters is 1. The van der Waals surface area contributed by atoms with Gasteiger partial charge in [-0.15, -0.1) is 0 Å². The van der Waals surface area contributed by atoms with E-state index in [0.717, 1.165) is 30.7 Å². The minimum absolute atomic E-state index is 0.0338. The van der Waals surface area contributed by atoms with Crippen molar-refractivity contribution in [2.75, 3.05) is 18.5 Å². The lowest BCUT2D eigenvalue weighted by Crippen LogP contribution is -2.19. The summed E-state index contributed by atoms with van der Waals surface area (Å²) in [7, 11) is 0. The number of benzene rings is 2. The van der Waals surface area contributed by atoms with Gasteiger partial charge in [0, 0.05) is 12.3 Å². The maximum atomic E-state index is 12.8. The summed E-state index contributed by atoms with van der Waals surface area (Å²) in [6.45, 7) is 5.06. The van der Waals surface area contributed by atoms with Crippen molar-refractivity contribution in [3.63, 3.8) is 0 Å². The van der Waals surface area contributed by atoms with E-state index >= 15 is 0 Å². The average Bonchev–Trinajstić information content (AvgIpc) is 3.22. The highest BCUT2D eigenvalue weighted by Gasteiger charge is 2.22. The van der Waals surface area contributed by atoms with Crippen molar-refractivity contribution in [3.05, 3.63) is 59.3 Å². The molecule has 0 spiro atoms. The number of carbonyl (C=O) groups excluding carboxylic acids is 1. The molecule has 6 nitrogen and oxygen atoms in total. The zero-order chi connectivity index (χ0) is 19.5. The molecule has 144 valence electrons. The molecule has 1 saturated heterocycles. The Bertz CT molecular complexity index is 1010. The highest BCUT2D eigenvalue weighted by molar-refractivity contribution is 5.96. The first-order valence-electron chi connectivity index (χ1n) is 9.50. The van der Waals surface area contributed by atoms with Crippen LogP contribution in [0.25, 0.3) is 11.0 Å². The van der Waals surface area contributed by atoms with Crippen LogP contribution in [0.4, 0.5) is 11.5 Å². The Morgan fingerprint density at radius 1 is 1.14 bits per heavy atom. The van der Waals surface area contributed by atoms with Gasteiger partial charge in [-0.1, -0.05) is 18.2 Å². The first kappa shape index (κ1) is 18.4. The molecule has 0 unspecified atom stereocenters. The molecule has 1 aromatic heterocycles. The number of anilines is 2. The van der Waals surface area contributed by atoms with Crippen LogP contribution in [0.1, 0.15) is 34.5 Å². The number of ether oxygens (including phenoxy) is 2. The molecule has 1 N–H and O–H groups in total. The van der Waals surface area contributed by atoms with Gasteiger partial charge in [-0.05, 0) is 62.1 Å². The molecule has 1 aliphatic rings. The molecule has 0 saturated carbocycles. The maximum absolute atomic E-state index is 12.8. The van der Waals surface area contributed by atoms with Crippen molar-refractivity contribution in [1.82, 2.24) is 9.97 Å². The molecule has 4 rings (SSSR count). The Kier molecular flexibility index (Phi) is 5.21. The van der Waals surface area contributed by atoms with E-state index in [1.807, 2.05) is 49.4 Å². The first-order chi connectivity index (χ1) is 13.6. The molecule has 0 bridgehead atoms. The van der Waals surface area contributed by atoms with Gasteiger partial charge in [-0.2, -0.15) is 0 Å². The van der Waals surface area contributed by atoms with Gasteiger partial charge in [0.25, 0.3) is 0 Å². The highest BCUT2D eigenvalue weighted by Crippen LogP contribution is 2.24. The van der Waals surface area contributed by atoms with Crippen LogP contribution < -0.4 is 5.32 Å². The Hall–Kier alpha value is -2.99. The largest absolute Gasteiger partial charge is 0.458 e. The maximum Gasteiger partial charge on any atom is 0.360 e. The van der Waals surface area contributed by atoms with E-state index in [1.165, 1.54) is 5.56 Å². The molecule has 1 fully saturated rings. The van der Waals surface area contributed by atoms with Crippen molar-refractivity contribution >= 4 is 28.5 Å². The van der Waals surface area contributed by atoms with Crippen molar-refractivity contribution in [2.24, 2.45) is 0 Å². The van der Waals surface area contributed by atoms with E-state index < -0.39 is 5.97 Å². The minimum Gasteiger partial charge on any atom is -0.458 e. The van der Waals surface area contributed by atoms with Gasteiger partial charge in [-0.25, -0.2) is 14.8 Å². The SMILES string of the molecule is Cc1ccc(Nc2nc3ccccc3nc2C(=O)OC[C@H]2CCCO2)cc1C. The van der Waals surface area contributed by atoms with E-state index in [1.54, 1.807) is 0 Å². The number of hydrogen-bond donors (Lipinski definition) is 1. The number of rotatable bonds is 5. The number of carbonyl (C=O) groups is 1. The second kappa shape index (κ2) is 7.94. The van der Waals surface area contributed by atoms with Gasteiger partial charge >= 0.3 is 5.97 Å². The summed E-state index contributed by atoms with van der Waals surface area (Å²) < 4.78 is 11.0. The van der Waals surface area contributed by atoms with Crippen LogP contribution in [0.15, 0.2) is 42.5 Å². The van der Waals surface area contributed by atoms with Crippen LogP contribution in [-0.4, -0.2) is 35.3 Å². The molecule has 2 aromatic carbocycles. The van der Waals surface area contributed by atoms with Crippen molar-refractivity contribution < 1.29 is 14.3 Å². The molecule has 0 radical (unpaired) electrons. The van der Waals surface area contributed by atoms with E-state index in [9.17, 15) is 4.79 Å². The van der Waals surface area contributed by atoms with Gasteiger partial charge in [-0.3, -0.25) is 0 Å². The molecule has 0 amide bonds. The number of hydrogen-bond acceptors (Lipinski definition) is 6. The van der Waals surface area contributed by atoms with Crippen molar-refractivity contribution in [3.8, 4) is 0 Å². The van der Waals surface area contributed by atoms with Crippen molar-refractivity contribution in [1.29, 1.82) is 0 Å². The van der Waals surface area contributed by atoms with E-state index in [4.69, 9.17) is 9.47 Å². The van der Waals surface area contributed by atoms with E-state index in [0.29, 0.717) is 16.9 Å². The molecule has 0 aliphatic carbocycles. The third-order valence-corrected chi connectivity index (χ3v) is 4.96. The summed E-state index contributed by atoms with van der Waals surface area (Å²) in [4.78, 5) is 21.9.